The van der Waals surface area contributed by atoms with Crippen molar-refractivity contribution < 1.29 is 18.3 Å². The number of aromatic nitrogens is 2. The molecule has 0 atom stereocenters. The number of nitrogens with zero attached hydrogens (tertiary/aromatic N) is 2. The van der Waals surface area contributed by atoms with Gasteiger partial charge in [0.2, 0.25) is 0 Å². The molecule has 2 aromatic rings. The van der Waals surface area contributed by atoms with Crippen LogP contribution in [0.15, 0.2) is 18.2 Å². The van der Waals surface area contributed by atoms with Crippen LogP contribution in [0, 0.1) is 11.6 Å². The number of fused-ring (bicyclic) bond motifs is 1. The summed E-state index contributed by atoms with van der Waals surface area (Å²) in [6.07, 6.45) is 2.62. The molecule has 0 radical (unpaired) electrons. The Morgan fingerprint density at radius 2 is 2.00 bits per heavy atom. The van der Waals surface area contributed by atoms with Crippen LogP contribution in [0.5, 0.6) is 0 Å². The summed E-state index contributed by atoms with van der Waals surface area (Å²) in [6.45, 7) is 0.0767. The maximum Gasteiger partial charge on any atom is 0.270 e. The van der Waals surface area contributed by atoms with Gasteiger partial charge in [-0.25, -0.2) is 8.78 Å². The van der Waals surface area contributed by atoms with Crippen molar-refractivity contribution in [1.82, 2.24) is 15.1 Å². The van der Waals surface area contributed by atoms with Crippen LogP contribution < -0.4 is 5.32 Å². The Balaban J connectivity index is 1.70. The van der Waals surface area contributed by atoms with Crippen LogP contribution in [-0.2, 0) is 30.2 Å². The predicted octanol–water partition coefficient (Wildman–Crippen LogP) is 1.84. The maximum absolute atomic E-state index is 14.2. The monoisotopic (exact) mass is 333 g/mol. The third-order valence-electron chi connectivity index (χ3n) is 4.77. The van der Waals surface area contributed by atoms with E-state index in [0.29, 0.717) is 5.69 Å². The average Bonchev–Trinajstić information content (AvgIpc) is 3.03. The molecule has 1 aliphatic heterocycles. The van der Waals surface area contributed by atoms with Crippen molar-refractivity contribution in [2.24, 2.45) is 7.05 Å². The van der Waals surface area contributed by atoms with E-state index in [1.54, 1.807) is 11.7 Å². The smallest absolute Gasteiger partial charge is 0.270 e. The number of ether oxygens (including phenoxy) is 1. The van der Waals surface area contributed by atoms with Gasteiger partial charge in [0.15, 0.2) is 0 Å². The molecule has 1 fully saturated rings. The molecule has 7 heteroatoms. The van der Waals surface area contributed by atoms with Crippen molar-refractivity contribution in [2.45, 2.75) is 24.8 Å². The first-order valence-corrected chi connectivity index (χ1v) is 7.91. The van der Waals surface area contributed by atoms with Gasteiger partial charge in [0.1, 0.15) is 22.9 Å². The molecular formula is C17H17F2N3O2. The number of amides is 1. The fourth-order valence-electron chi connectivity index (χ4n) is 3.62. The molecule has 126 valence electrons. The molecule has 2 aliphatic rings. The third kappa shape index (κ3) is 2.15. The molecule has 0 bridgehead atoms. The number of hydrogen-bond acceptors (Lipinski definition) is 3. The van der Waals surface area contributed by atoms with E-state index in [0.717, 1.165) is 30.5 Å². The zero-order valence-electron chi connectivity index (χ0n) is 13.2. The fraction of sp³-hybridized carbons (Fsp3) is 0.412. The lowest BCUT2D eigenvalue weighted by Crippen LogP contribution is -2.60. The summed E-state index contributed by atoms with van der Waals surface area (Å²) >= 11 is 0. The second kappa shape index (κ2) is 5.37. The van der Waals surface area contributed by atoms with Crippen LogP contribution in [-0.4, -0.2) is 28.9 Å². The molecule has 24 heavy (non-hydrogen) atoms. The Morgan fingerprint density at radius 3 is 2.62 bits per heavy atom. The van der Waals surface area contributed by atoms with E-state index in [-0.39, 0.29) is 24.7 Å². The molecule has 1 amide bonds. The van der Waals surface area contributed by atoms with Gasteiger partial charge in [0.05, 0.1) is 24.5 Å². The second-order valence-electron chi connectivity index (χ2n) is 6.38. The number of nitrogens with one attached hydrogen (secondary N) is 1. The molecule has 1 aliphatic carbocycles. The Kier molecular flexibility index (Phi) is 3.42. The summed E-state index contributed by atoms with van der Waals surface area (Å²) in [5.74, 6) is -1.75. The average molecular weight is 333 g/mol. The molecule has 0 spiro atoms. The van der Waals surface area contributed by atoms with Gasteiger partial charge in [0.25, 0.3) is 5.91 Å². The van der Waals surface area contributed by atoms with Crippen molar-refractivity contribution in [3.63, 3.8) is 0 Å². The van der Waals surface area contributed by atoms with Gasteiger partial charge in [-0.3, -0.25) is 9.48 Å². The highest BCUT2D eigenvalue weighted by molar-refractivity contribution is 5.95. The summed E-state index contributed by atoms with van der Waals surface area (Å²) in [6, 6.07) is 3.68. The molecule has 5 nitrogen and oxygen atoms in total. The normalized spacial score (nSPS) is 18.1. The van der Waals surface area contributed by atoms with Crippen LogP contribution in [0.3, 0.4) is 0 Å². The number of benzene rings is 1. The predicted molar refractivity (Wildman–Crippen MR) is 81.6 cm³/mol. The van der Waals surface area contributed by atoms with Gasteiger partial charge >= 0.3 is 0 Å². The van der Waals surface area contributed by atoms with Crippen molar-refractivity contribution in [2.75, 3.05) is 13.2 Å². The SMILES string of the molecule is Cn1nc2c(c1C(=O)NC1(c3c(F)cccc3F)COC1)CCC2. The second-order valence-corrected chi connectivity index (χ2v) is 6.38. The largest absolute Gasteiger partial charge is 0.376 e. The summed E-state index contributed by atoms with van der Waals surface area (Å²) < 4.78 is 35.1. The summed E-state index contributed by atoms with van der Waals surface area (Å²) in [5.41, 5.74) is 0.995. The standard InChI is InChI=1S/C17H17F2N3O2/c1-22-15(10-4-2-7-13(10)21-22)16(23)20-17(8-24-9-17)14-11(18)5-3-6-12(14)19/h3,5-6H,2,4,7-9H2,1H3,(H,20,23). The van der Waals surface area contributed by atoms with Gasteiger partial charge < -0.3 is 10.1 Å². The van der Waals surface area contributed by atoms with Gasteiger partial charge in [-0.05, 0) is 31.4 Å². The first-order chi connectivity index (χ1) is 11.5. The Hall–Kier alpha value is -2.28. The Labute approximate surface area is 137 Å². The summed E-state index contributed by atoms with van der Waals surface area (Å²) in [5, 5.41) is 7.17. The Bertz CT molecular complexity index is 807. The molecule has 1 aromatic heterocycles. The minimum absolute atomic E-state index is 0.0383. The van der Waals surface area contributed by atoms with Gasteiger partial charge in [-0.1, -0.05) is 6.07 Å². The maximum atomic E-state index is 14.2. The number of carbonyl (C=O) groups is 1. The molecule has 1 aromatic carbocycles. The van der Waals surface area contributed by atoms with Crippen LogP contribution in [0.25, 0.3) is 0 Å². The van der Waals surface area contributed by atoms with E-state index < -0.39 is 17.2 Å². The van der Waals surface area contributed by atoms with Gasteiger partial charge in [0, 0.05) is 12.6 Å². The summed E-state index contributed by atoms with van der Waals surface area (Å²) in [7, 11) is 1.71. The van der Waals surface area contributed by atoms with E-state index in [9.17, 15) is 13.6 Å². The highest BCUT2D eigenvalue weighted by Crippen LogP contribution is 2.34. The van der Waals surface area contributed by atoms with Crippen LogP contribution in [0.1, 0.15) is 33.7 Å². The minimum atomic E-state index is -1.18. The minimum Gasteiger partial charge on any atom is -0.376 e. The lowest BCUT2D eigenvalue weighted by Gasteiger charge is -2.42. The lowest BCUT2D eigenvalue weighted by atomic mass is 9.86. The molecular weight excluding hydrogens is 316 g/mol. The highest BCUT2D eigenvalue weighted by atomic mass is 19.1. The molecule has 0 unspecified atom stereocenters. The molecule has 2 heterocycles. The summed E-state index contributed by atoms with van der Waals surface area (Å²) in [4.78, 5) is 12.8. The van der Waals surface area contributed by atoms with Crippen LogP contribution in [0.4, 0.5) is 8.78 Å². The van der Waals surface area contributed by atoms with E-state index in [1.165, 1.54) is 18.2 Å². The van der Waals surface area contributed by atoms with Crippen LogP contribution >= 0.6 is 0 Å². The number of aryl methyl sites for hydroxylation is 2. The van der Waals surface area contributed by atoms with E-state index in [2.05, 4.69) is 10.4 Å². The van der Waals surface area contributed by atoms with E-state index in [4.69, 9.17) is 4.74 Å². The Morgan fingerprint density at radius 1 is 1.29 bits per heavy atom. The van der Waals surface area contributed by atoms with E-state index >= 15 is 0 Å². The number of halogens is 2. The van der Waals surface area contributed by atoms with Gasteiger partial charge in [-0.2, -0.15) is 5.10 Å². The van der Waals surface area contributed by atoms with Crippen LogP contribution in [0.2, 0.25) is 0 Å². The van der Waals surface area contributed by atoms with Gasteiger partial charge in [-0.15, -0.1) is 0 Å². The van der Waals surface area contributed by atoms with E-state index in [1.807, 2.05) is 0 Å². The lowest BCUT2D eigenvalue weighted by molar-refractivity contribution is -0.0766. The van der Waals surface area contributed by atoms with Crippen molar-refractivity contribution in [3.05, 3.63) is 52.3 Å². The molecule has 1 saturated heterocycles. The molecule has 4 rings (SSSR count). The third-order valence-corrected chi connectivity index (χ3v) is 4.77. The first-order valence-electron chi connectivity index (χ1n) is 7.91. The highest BCUT2D eigenvalue weighted by Gasteiger charge is 2.46. The fourth-order valence-corrected chi connectivity index (χ4v) is 3.62. The first kappa shape index (κ1) is 15.3. The number of hydrogen-bond donors (Lipinski definition) is 1. The zero-order chi connectivity index (χ0) is 16.9. The number of carbonyl (C=O) groups excluding carboxylic acids is 1. The molecule has 0 saturated carbocycles. The number of rotatable bonds is 3. The van der Waals surface area contributed by atoms with Crippen molar-refractivity contribution >= 4 is 5.91 Å². The topological polar surface area (TPSA) is 56.2 Å². The quantitative estimate of drug-likeness (QED) is 0.933. The van der Waals surface area contributed by atoms with Crippen molar-refractivity contribution in [1.29, 1.82) is 0 Å². The van der Waals surface area contributed by atoms with Crippen molar-refractivity contribution in [3.8, 4) is 0 Å². The zero-order valence-corrected chi connectivity index (χ0v) is 13.2. The molecule has 1 N–H and O–H groups in total.